The molecule has 0 fully saturated rings. The van der Waals surface area contributed by atoms with Gasteiger partial charge in [0.25, 0.3) is 0 Å². The van der Waals surface area contributed by atoms with Crippen molar-refractivity contribution in [2.75, 3.05) is 19.6 Å². The molecule has 0 rings (SSSR count). The van der Waals surface area contributed by atoms with Crippen molar-refractivity contribution in [1.29, 1.82) is 0 Å². The molecule has 0 spiro atoms. The smallest absolute Gasteiger partial charge is 0.231 e. The van der Waals surface area contributed by atoms with E-state index in [9.17, 15) is 4.79 Å². The van der Waals surface area contributed by atoms with E-state index in [1.807, 2.05) is 6.92 Å². The second kappa shape index (κ2) is 6.16. The quantitative estimate of drug-likeness (QED) is 0.615. The summed E-state index contributed by atoms with van der Waals surface area (Å²) in [6, 6.07) is 0. The summed E-state index contributed by atoms with van der Waals surface area (Å²) in [6.45, 7) is 6.46. The maximum Gasteiger partial charge on any atom is 0.231 e. The highest BCUT2D eigenvalue weighted by atomic mass is 16.1. The van der Waals surface area contributed by atoms with Crippen LogP contribution in [-0.4, -0.2) is 30.4 Å². The number of nitrogens with two attached hydrogens (primary N) is 1. The molecule has 0 aromatic heterocycles. The molecule has 0 aromatic carbocycles. The number of amides is 1. The van der Waals surface area contributed by atoms with Crippen LogP contribution in [0.2, 0.25) is 0 Å². The number of nitrogens with zero attached hydrogens (tertiary/aromatic N) is 1. The monoisotopic (exact) mass is 158 g/mol. The van der Waals surface area contributed by atoms with Gasteiger partial charge < -0.3 is 5.73 Å². The summed E-state index contributed by atoms with van der Waals surface area (Å²) in [7, 11) is 0. The molecule has 1 amide bonds. The highest BCUT2D eigenvalue weighted by Gasteiger charge is 2.03. The Labute approximate surface area is 68.6 Å². The van der Waals surface area contributed by atoms with E-state index in [0.717, 1.165) is 25.9 Å². The molecular weight excluding hydrogens is 140 g/mol. The van der Waals surface area contributed by atoms with Gasteiger partial charge in [0.15, 0.2) is 0 Å². The molecule has 66 valence electrons. The van der Waals surface area contributed by atoms with E-state index in [2.05, 4.69) is 11.8 Å². The van der Waals surface area contributed by atoms with E-state index in [4.69, 9.17) is 5.73 Å². The second-order valence-electron chi connectivity index (χ2n) is 2.69. The minimum absolute atomic E-state index is 0.233. The predicted octanol–water partition coefficient (Wildman–Crippen LogP) is 0.594. The largest absolute Gasteiger partial charge is 0.369 e. The third-order valence-electron chi connectivity index (χ3n) is 1.65. The molecule has 0 radical (unpaired) electrons. The maximum atomic E-state index is 10.5. The topological polar surface area (TPSA) is 46.3 Å². The highest BCUT2D eigenvalue weighted by Crippen LogP contribution is 1.93. The van der Waals surface area contributed by atoms with Crippen molar-refractivity contribution in [3.63, 3.8) is 0 Å². The number of unbranched alkanes of at least 4 members (excludes halogenated alkanes) is 1. The lowest BCUT2D eigenvalue weighted by Crippen LogP contribution is -2.34. The first-order valence-corrected chi connectivity index (χ1v) is 4.21. The van der Waals surface area contributed by atoms with Gasteiger partial charge in [-0.15, -0.1) is 0 Å². The van der Waals surface area contributed by atoms with Crippen LogP contribution in [0.4, 0.5) is 0 Å². The number of carbonyl (C=O) groups is 1. The Hall–Kier alpha value is -0.570. The Morgan fingerprint density at radius 2 is 2.09 bits per heavy atom. The van der Waals surface area contributed by atoms with Crippen LogP contribution in [-0.2, 0) is 4.79 Å². The van der Waals surface area contributed by atoms with E-state index in [1.54, 1.807) is 0 Å². The third-order valence-corrected chi connectivity index (χ3v) is 1.65. The maximum absolute atomic E-state index is 10.5. The molecule has 0 atom stereocenters. The zero-order valence-electron chi connectivity index (χ0n) is 7.47. The summed E-state index contributed by atoms with van der Waals surface area (Å²) in [5, 5.41) is 0. The third kappa shape index (κ3) is 5.85. The Balaban J connectivity index is 3.49. The molecule has 11 heavy (non-hydrogen) atoms. The van der Waals surface area contributed by atoms with E-state index in [1.165, 1.54) is 0 Å². The molecule has 2 N–H and O–H groups in total. The van der Waals surface area contributed by atoms with Crippen molar-refractivity contribution in [2.45, 2.75) is 26.7 Å². The fourth-order valence-electron chi connectivity index (χ4n) is 0.951. The number of carbonyl (C=O) groups excluding carboxylic acids is 1. The Morgan fingerprint density at radius 3 is 2.45 bits per heavy atom. The van der Waals surface area contributed by atoms with Gasteiger partial charge in [-0.05, 0) is 19.5 Å². The van der Waals surface area contributed by atoms with E-state index in [-0.39, 0.29) is 5.91 Å². The van der Waals surface area contributed by atoms with Gasteiger partial charge >= 0.3 is 0 Å². The van der Waals surface area contributed by atoms with Crippen molar-refractivity contribution in [3.05, 3.63) is 0 Å². The fraction of sp³-hybridized carbons (Fsp3) is 0.875. The minimum Gasteiger partial charge on any atom is -0.369 e. The summed E-state index contributed by atoms with van der Waals surface area (Å²) in [6.07, 6.45) is 2.30. The molecule has 0 aromatic rings. The van der Waals surface area contributed by atoms with E-state index in [0.29, 0.717) is 6.54 Å². The first kappa shape index (κ1) is 10.4. The van der Waals surface area contributed by atoms with Crippen LogP contribution in [0.5, 0.6) is 0 Å². The van der Waals surface area contributed by atoms with Gasteiger partial charge in [-0.2, -0.15) is 0 Å². The highest BCUT2D eigenvalue weighted by molar-refractivity contribution is 5.75. The molecule has 0 saturated carbocycles. The van der Waals surface area contributed by atoms with Gasteiger partial charge in [0.05, 0.1) is 6.54 Å². The zero-order valence-corrected chi connectivity index (χ0v) is 7.47. The number of rotatable bonds is 6. The minimum atomic E-state index is -0.233. The lowest BCUT2D eigenvalue weighted by atomic mass is 10.3. The van der Waals surface area contributed by atoms with Gasteiger partial charge in [0.2, 0.25) is 5.91 Å². The van der Waals surface area contributed by atoms with Crippen LogP contribution in [0.25, 0.3) is 0 Å². The first-order valence-electron chi connectivity index (χ1n) is 4.21. The van der Waals surface area contributed by atoms with Gasteiger partial charge in [-0.1, -0.05) is 20.3 Å². The molecule has 0 aliphatic carbocycles. The average molecular weight is 158 g/mol. The summed E-state index contributed by atoms with van der Waals surface area (Å²) in [5.41, 5.74) is 5.06. The van der Waals surface area contributed by atoms with Crippen molar-refractivity contribution >= 4 is 5.91 Å². The summed E-state index contributed by atoms with van der Waals surface area (Å²) < 4.78 is 0. The molecule has 0 unspecified atom stereocenters. The van der Waals surface area contributed by atoms with Crippen molar-refractivity contribution in [2.24, 2.45) is 5.73 Å². The number of hydrogen-bond donors (Lipinski definition) is 1. The molecule has 0 saturated heterocycles. The van der Waals surface area contributed by atoms with E-state index >= 15 is 0 Å². The van der Waals surface area contributed by atoms with Crippen LogP contribution in [0, 0.1) is 0 Å². The van der Waals surface area contributed by atoms with Crippen LogP contribution in [0.3, 0.4) is 0 Å². The van der Waals surface area contributed by atoms with Crippen molar-refractivity contribution in [1.82, 2.24) is 4.90 Å². The van der Waals surface area contributed by atoms with Crippen LogP contribution in [0.15, 0.2) is 0 Å². The lowest BCUT2D eigenvalue weighted by molar-refractivity contribution is -0.119. The van der Waals surface area contributed by atoms with Crippen LogP contribution < -0.4 is 5.73 Å². The molecule has 0 aliphatic rings. The Morgan fingerprint density at radius 1 is 1.45 bits per heavy atom. The summed E-state index contributed by atoms with van der Waals surface area (Å²) in [4.78, 5) is 12.6. The number of primary amides is 1. The van der Waals surface area contributed by atoms with Gasteiger partial charge in [0.1, 0.15) is 0 Å². The number of likely N-dealkylation sites (N-methyl/N-ethyl adjacent to an activating group) is 1. The van der Waals surface area contributed by atoms with Crippen molar-refractivity contribution < 1.29 is 4.79 Å². The van der Waals surface area contributed by atoms with Crippen molar-refractivity contribution in [3.8, 4) is 0 Å². The summed E-state index contributed by atoms with van der Waals surface area (Å²) >= 11 is 0. The average Bonchev–Trinajstić information content (AvgIpc) is 1.97. The summed E-state index contributed by atoms with van der Waals surface area (Å²) in [5.74, 6) is -0.233. The SMILES string of the molecule is CCCCN(CC)CC(N)=O. The van der Waals surface area contributed by atoms with Gasteiger partial charge in [-0.3, -0.25) is 9.69 Å². The first-order chi connectivity index (χ1) is 5.20. The molecule has 0 heterocycles. The Bertz CT molecular complexity index is 115. The lowest BCUT2D eigenvalue weighted by Gasteiger charge is -2.17. The van der Waals surface area contributed by atoms with E-state index < -0.39 is 0 Å². The van der Waals surface area contributed by atoms with Gasteiger partial charge in [0, 0.05) is 0 Å². The standard InChI is InChI=1S/C8H18N2O/c1-3-5-6-10(4-2)7-8(9)11/h3-7H2,1-2H3,(H2,9,11). The molecule has 0 aliphatic heterocycles. The normalized spacial score (nSPS) is 10.5. The zero-order chi connectivity index (χ0) is 8.69. The molecule has 3 nitrogen and oxygen atoms in total. The van der Waals surface area contributed by atoms with Crippen LogP contribution in [0.1, 0.15) is 26.7 Å². The number of hydrogen-bond acceptors (Lipinski definition) is 2. The molecule has 0 bridgehead atoms. The molecular formula is C8H18N2O. The Kier molecular flexibility index (Phi) is 5.84. The fourth-order valence-corrected chi connectivity index (χ4v) is 0.951. The predicted molar refractivity (Wildman–Crippen MR) is 46.2 cm³/mol. The molecule has 3 heteroatoms. The van der Waals surface area contributed by atoms with Crippen LogP contribution >= 0.6 is 0 Å². The second-order valence-corrected chi connectivity index (χ2v) is 2.69. The van der Waals surface area contributed by atoms with Gasteiger partial charge in [-0.25, -0.2) is 0 Å².